The number of nitrogens with zero attached hydrogens (tertiary/aromatic N) is 2. The quantitative estimate of drug-likeness (QED) is 0.647. The monoisotopic (exact) mass is 420 g/mol. The van der Waals surface area contributed by atoms with Crippen LogP contribution in [0.4, 0.5) is 4.79 Å². The Balaban J connectivity index is 1.54. The van der Waals surface area contributed by atoms with Crippen molar-refractivity contribution < 1.29 is 23.9 Å². The molecule has 1 saturated heterocycles. The maximum atomic E-state index is 12.1. The molecule has 1 aromatic rings. The zero-order valence-corrected chi connectivity index (χ0v) is 18.0. The molecule has 1 aliphatic rings. The zero-order chi connectivity index (χ0) is 22.0. The Bertz CT molecular complexity index is 697. The largest absolute Gasteiger partial charge is 0.484 e. The van der Waals surface area contributed by atoms with E-state index >= 15 is 0 Å². The summed E-state index contributed by atoms with van der Waals surface area (Å²) in [5.41, 5.74) is -0.498. The topological polar surface area (TPSA) is 100 Å². The summed E-state index contributed by atoms with van der Waals surface area (Å²) in [6, 6.07) is 9.01. The lowest BCUT2D eigenvalue weighted by molar-refractivity contribution is -0.127. The van der Waals surface area contributed by atoms with Crippen LogP contribution in [0.25, 0.3) is 0 Å². The molecule has 0 bridgehead atoms. The van der Waals surface area contributed by atoms with Crippen molar-refractivity contribution in [1.82, 2.24) is 20.4 Å². The number of carbonyl (C=O) groups is 3. The van der Waals surface area contributed by atoms with Crippen LogP contribution in [0, 0.1) is 0 Å². The van der Waals surface area contributed by atoms with E-state index in [9.17, 15) is 14.4 Å². The second-order valence-electron chi connectivity index (χ2n) is 8.04. The number of benzene rings is 1. The van der Waals surface area contributed by atoms with E-state index in [-0.39, 0.29) is 31.1 Å². The van der Waals surface area contributed by atoms with Gasteiger partial charge in [-0.1, -0.05) is 18.2 Å². The molecule has 1 heterocycles. The highest BCUT2D eigenvalue weighted by Crippen LogP contribution is 2.11. The average molecular weight is 421 g/mol. The van der Waals surface area contributed by atoms with Crippen LogP contribution in [0.15, 0.2) is 30.3 Å². The summed E-state index contributed by atoms with van der Waals surface area (Å²) < 4.78 is 10.7. The first kappa shape index (κ1) is 23.5. The molecule has 0 atom stereocenters. The van der Waals surface area contributed by atoms with Gasteiger partial charge in [-0.05, 0) is 32.9 Å². The standard InChI is InChI=1S/C21H32N4O5/c1-21(2,3)30-20(28)25-13-11-24(12-14-25)10-9-22-18(26)15-23-19(27)16-29-17-7-5-4-6-8-17/h4-8H,9-16H2,1-3H3,(H,22,26)(H,23,27). The molecular weight excluding hydrogens is 388 g/mol. The maximum Gasteiger partial charge on any atom is 0.410 e. The third kappa shape index (κ3) is 9.13. The molecule has 1 fully saturated rings. The minimum absolute atomic E-state index is 0.0938. The van der Waals surface area contributed by atoms with Gasteiger partial charge in [-0.25, -0.2) is 4.79 Å². The third-order valence-corrected chi connectivity index (χ3v) is 4.33. The average Bonchev–Trinajstić information content (AvgIpc) is 2.70. The van der Waals surface area contributed by atoms with Crippen molar-refractivity contribution in [2.75, 3.05) is 52.4 Å². The molecule has 0 aliphatic carbocycles. The van der Waals surface area contributed by atoms with Crippen LogP contribution in [0.1, 0.15) is 20.8 Å². The van der Waals surface area contributed by atoms with E-state index in [4.69, 9.17) is 9.47 Å². The van der Waals surface area contributed by atoms with Crippen LogP contribution in [-0.2, 0) is 14.3 Å². The lowest BCUT2D eigenvalue weighted by Crippen LogP contribution is -2.51. The summed E-state index contributed by atoms with van der Waals surface area (Å²) in [5.74, 6) is -0.00779. The maximum absolute atomic E-state index is 12.1. The molecule has 1 aromatic carbocycles. The van der Waals surface area contributed by atoms with Gasteiger partial charge < -0.3 is 25.0 Å². The van der Waals surface area contributed by atoms with Gasteiger partial charge >= 0.3 is 6.09 Å². The van der Waals surface area contributed by atoms with Crippen molar-refractivity contribution >= 4 is 17.9 Å². The van der Waals surface area contributed by atoms with E-state index in [1.54, 1.807) is 17.0 Å². The molecule has 0 spiro atoms. The Morgan fingerprint density at radius 2 is 1.63 bits per heavy atom. The number of nitrogens with one attached hydrogen (secondary N) is 2. The normalized spacial score (nSPS) is 14.7. The number of hydrogen-bond acceptors (Lipinski definition) is 6. The number of amides is 3. The number of rotatable bonds is 8. The highest BCUT2D eigenvalue weighted by atomic mass is 16.6. The van der Waals surface area contributed by atoms with Crippen molar-refractivity contribution in [3.63, 3.8) is 0 Å². The number of carbonyl (C=O) groups excluding carboxylic acids is 3. The lowest BCUT2D eigenvalue weighted by Gasteiger charge is -2.35. The van der Waals surface area contributed by atoms with E-state index in [1.165, 1.54) is 0 Å². The van der Waals surface area contributed by atoms with Crippen molar-refractivity contribution in [2.24, 2.45) is 0 Å². The van der Waals surface area contributed by atoms with E-state index in [1.807, 2.05) is 39.0 Å². The second-order valence-corrected chi connectivity index (χ2v) is 8.04. The number of hydrogen-bond donors (Lipinski definition) is 2. The molecule has 2 rings (SSSR count). The van der Waals surface area contributed by atoms with Crippen LogP contribution in [-0.4, -0.2) is 85.7 Å². The Morgan fingerprint density at radius 3 is 2.27 bits per heavy atom. The smallest absolute Gasteiger partial charge is 0.410 e. The number of piperazine rings is 1. The first-order valence-corrected chi connectivity index (χ1v) is 10.1. The fourth-order valence-electron chi connectivity index (χ4n) is 2.79. The molecule has 166 valence electrons. The molecule has 0 saturated carbocycles. The Kier molecular flexibility index (Phi) is 8.91. The number of para-hydroxylation sites is 1. The van der Waals surface area contributed by atoms with Crippen LogP contribution in [0.2, 0.25) is 0 Å². The van der Waals surface area contributed by atoms with Gasteiger partial charge in [0.25, 0.3) is 5.91 Å². The van der Waals surface area contributed by atoms with Gasteiger partial charge in [0.2, 0.25) is 5.91 Å². The fourth-order valence-corrected chi connectivity index (χ4v) is 2.79. The highest BCUT2D eigenvalue weighted by molar-refractivity contribution is 5.85. The fraction of sp³-hybridized carbons (Fsp3) is 0.571. The molecule has 0 unspecified atom stereocenters. The van der Waals surface area contributed by atoms with E-state index in [2.05, 4.69) is 15.5 Å². The summed E-state index contributed by atoms with van der Waals surface area (Å²) in [5, 5.41) is 5.31. The van der Waals surface area contributed by atoms with Crippen LogP contribution >= 0.6 is 0 Å². The van der Waals surface area contributed by atoms with Gasteiger partial charge in [-0.15, -0.1) is 0 Å². The Hall–Kier alpha value is -2.81. The third-order valence-electron chi connectivity index (χ3n) is 4.33. The predicted molar refractivity (Wildman–Crippen MR) is 112 cm³/mol. The van der Waals surface area contributed by atoms with Crippen molar-refractivity contribution in [3.05, 3.63) is 30.3 Å². The zero-order valence-electron chi connectivity index (χ0n) is 18.0. The molecule has 9 nitrogen and oxygen atoms in total. The summed E-state index contributed by atoms with van der Waals surface area (Å²) in [4.78, 5) is 39.6. The summed E-state index contributed by atoms with van der Waals surface area (Å²) in [6.45, 7) is 9.11. The molecule has 1 aliphatic heterocycles. The molecule has 30 heavy (non-hydrogen) atoms. The molecule has 0 aromatic heterocycles. The first-order valence-electron chi connectivity index (χ1n) is 10.1. The van der Waals surface area contributed by atoms with Gasteiger partial charge in [0.05, 0.1) is 6.54 Å². The van der Waals surface area contributed by atoms with Gasteiger partial charge in [0, 0.05) is 39.3 Å². The van der Waals surface area contributed by atoms with Crippen LogP contribution < -0.4 is 15.4 Å². The minimum atomic E-state index is -0.498. The molecule has 9 heteroatoms. The summed E-state index contributed by atoms with van der Waals surface area (Å²) in [7, 11) is 0. The Labute approximate surface area is 177 Å². The lowest BCUT2D eigenvalue weighted by atomic mass is 10.2. The van der Waals surface area contributed by atoms with E-state index < -0.39 is 5.60 Å². The van der Waals surface area contributed by atoms with Crippen LogP contribution in [0.3, 0.4) is 0 Å². The van der Waals surface area contributed by atoms with Gasteiger partial charge in [-0.2, -0.15) is 0 Å². The second kappa shape index (κ2) is 11.4. The minimum Gasteiger partial charge on any atom is -0.484 e. The van der Waals surface area contributed by atoms with Gasteiger partial charge in [-0.3, -0.25) is 14.5 Å². The number of ether oxygens (including phenoxy) is 2. The highest BCUT2D eigenvalue weighted by Gasteiger charge is 2.25. The van der Waals surface area contributed by atoms with E-state index in [0.717, 1.165) is 13.1 Å². The summed E-state index contributed by atoms with van der Waals surface area (Å²) >= 11 is 0. The van der Waals surface area contributed by atoms with Gasteiger partial charge in [0.1, 0.15) is 11.4 Å². The van der Waals surface area contributed by atoms with Crippen molar-refractivity contribution in [2.45, 2.75) is 26.4 Å². The molecule has 2 N–H and O–H groups in total. The molecule has 3 amide bonds. The first-order chi connectivity index (χ1) is 14.2. The Morgan fingerprint density at radius 1 is 0.967 bits per heavy atom. The SMILES string of the molecule is CC(C)(C)OC(=O)N1CCN(CCNC(=O)CNC(=O)COc2ccccc2)CC1. The van der Waals surface area contributed by atoms with Crippen molar-refractivity contribution in [3.8, 4) is 5.75 Å². The predicted octanol–water partition coefficient (Wildman–Crippen LogP) is 0.851. The van der Waals surface area contributed by atoms with Gasteiger partial charge in [0.15, 0.2) is 6.61 Å². The molecular formula is C21H32N4O5. The van der Waals surface area contributed by atoms with E-state index in [0.29, 0.717) is 31.9 Å². The van der Waals surface area contributed by atoms with Crippen molar-refractivity contribution in [1.29, 1.82) is 0 Å². The summed E-state index contributed by atoms with van der Waals surface area (Å²) in [6.07, 6.45) is -0.289. The molecule has 0 radical (unpaired) electrons. The van der Waals surface area contributed by atoms with Crippen LogP contribution in [0.5, 0.6) is 5.75 Å².